The summed E-state index contributed by atoms with van der Waals surface area (Å²) in [5, 5.41) is 10.3. The summed E-state index contributed by atoms with van der Waals surface area (Å²) >= 11 is 0. The predicted octanol–water partition coefficient (Wildman–Crippen LogP) is 1.49. The van der Waals surface area contributed by atoms with E-state index in [0.29, 0.717) is 12.8 Å². The summed E-state index contributed by atoms with van der Waals surface area (Å²) in [5.41, 5.74) is -2.48. The zero-order valence-electron chi connectivity index (χ0n) is 14.9. The highest BCUT2D eigenvalue weighted by Gasteiger charge is 2.43. The maximum Gasteiger partial charge on any atom is 0.516 e. The molecule has 0 saturated carbocycles. The lowest BCUT2D eigenvalue weighted by Crippen LogP contribution is -2.45. The number of methoxy groups -OCH3 is 1. The van der Waals surface area contributed by atoms with Gasteiger partial charge in [-0.25, -0.2) is 9.59 Å². The number of carbonyl (C=O) groups is 4. The second-order valence-corrected chi connectivity index (χ2v) is 5.38. The van der Waals surface area contributed by atoms with Crippen LogP contribution >= 0.6 is 0 Å². The molecule has 0 aliphatic rings. The molecule has 1 N–H and O–H groups in total. The molecule has 0 aromatic carbocycles. The summed E-state index contributed by atoms with van der Waals surface area (Å²) in [6.07, 6.45) is -0.325. The van der Waals surface area contributed by atoms with Crippen LogP contribution in [0.5, 0.6) is 0 Å². The van der Waals surface area contributed by atoms with Crippen molar-refractivity contribution in [2.45, 2.75) is 58.0 Å². The molecule has 0 spiro atoms. The fourth-order valence-electron chi connectivity index (χ4n) is 1.66. The molecule has 144 valence electrons. The van der Waals surface area contributed by atoms with Gasteiger partial charge in [0.25, 0.3) is 0 Å². The highest BCUT2D eigenvalue weighted by atomic mass is 16.7. The molecule has 0 bridgehead atoms. The van der Waals surface area contributed by atoms with Gasteiger partial charge in [0.2, 0.25) is 0 Å². The number of esters is 3. The lowest BCUT2D eigenvalue weighted by atomic mass is 9.95. The van der Waals surface area contributed by atoms with Crippen LogP contribution in [0.15, 0.2) is 0 Å². The monoisotopic (exact) mass is 362 g/mol. The van der Waals surface area contributed by atoms with E-state index in [1.165, 1.54) is 0 Å². The van der Waals surface area contributed by atoms with Crippen molar-refractivity contribution in [3.63, 3.8) is 0 Å². The molecule has 9 heteroatoms. The molecular formula is C16H26O9. The van der Waals surface area contributed by atoms with E-state index in [0.717, 1.165) is 20.0 Å². The van der Waals surface area contributed by atoms with Gasteiger partial charge in [-0.3, -0.25) is 9.59 Å². The highest BCUT2D eigenvalue weighted by Crippen LogP contribution is 2.20. The van der Waals surface area contributed by atoms with Gasteiger partial charge in [0, 0.05) is 0 Å². The Morgan fingerprint density at radius 3 is 1.92 bits per heavy atom. The van der Waals surface area contributed by atoms with Gasteiger partial charge >= 0.3 is 24.1 Å². The molecule has 0 heterocycles. The van der Waals surface area contributed by atoms with Crippen LogP contribution in [0.3, 0.4) is 0 Å². The third-order valence-corrected chi connectivity index (χ3v) is 3.13. The average molecular weight is 362 g/mol. The van der Waals surface area contributed by atoms with Crippen molar-refractivity contribution in [1.82, 2.24) is 0 Å². The van der Waals surface area contributed by atoms with Gasteiger partial charge in [0.15, 0.2) is 5.60 Å². The van der Waals surface area contributed by atoms with E-state index >= 15 is 0 Å². The van der Waals surface area contributed by atoms with Gasteiger partial charge in [0.05, 0.1) is 33.2 Å². The van der Waals surface area contributed by atoms with Crippen LogP contribution in [0, 0.1) is 0 Å². The summed E-state index contributed by atoms with van der Waals surface area (Å²) in [6, 6.07) is 0. The number of hydrogen-bond donors (Lipinski definition) is 1. The minimum atomic E-state index is -2.48. The average Bonchev–Trinajstić information content (AvgIpc) is 2.54. The normalized spacial score (nSPS) is 12.6. The van der Waals surface area contributed by atoms with E-state index in [4.69, 9.17) is 4.74 Å². The first-order chi connectivity index (χ1) is 11.8. The topological polar surface area (TPSA) is 125 Å². The standard InChI is InChI=1S/C16H26O9/c1-4-6-8-23-14(19)16(21,10-12(17)22-3)11-13(18)25-15(20)24-9-7-5-2/h21H,4-11H2,1-3H3. The second-order valence-electron chi connectivity index (χ2n) is 5.38. The van der Waals surface area contributed by atoms with Crippen molar-refractivity contribution in [3.8, 4) is 0 Å². The van der Waals surface area contributed by atoms with Gasteiger partial charge in [-0.15, -0.1) is 0 Å². The second kappa shape index (κ2) is 12.2. The fourth-order valence-corrected chi connectivity index (χ4v) is 1.66. The summed E-state index contributed by atoms with van der Waals surface area (Å²) in [4.78, 5) is 46.5. The number of carbonyl (C=O) groups excluding carboxylic acids is 4. The number of rotatable bonds is 11. The number of aliphatic hydroxyl groups is 1. The van der Waals surface area contributed by atoms with Crippen LogP contribution in [0.2, 0.25) is 0 Å². The lowest BCUT2D eigenvalue weighted by Gasteiger charge is -2.23. The molecule has 9 nitrogen and oxygen atoms in total. The van der Waals surface area contributed by atoms with Crippen LogP contribution in [-0.4, -0.2) is 55.1 Å². The zero-order chi connectivity index (χ0) is 19.3. The Labute approximate surface area is 146 Å². The Balaban J connectivity index is 4.80. The maximum atomic E-state index is 12.0. The largest absolute Gasteiger partial charge is 0.516 e. The number of ether oxygens (including phenoxy) is 4. The third kappa shape index (κ3) is 9.65. The van der Waals surface area contributed by atoms with Crippen LogP contribution in [0.1, 0.15) is 52.4 Å². The molecule has 1 unspecified atom stereocenters. The minimum absolute atomic E-state index is 0.0208. The van der Waals surface area contributed by atoms with E-state index < -0.39 is 42.5 Å². The Kier molecular flexibility index (Phi) is 11.2. The van der Waals surface area contributed by atoms with E-state index in [2.05, 4.69) is 14.2 Å². The predicted molar refractivity (Wildman–Crippen MR) is 84.4 cm³/mol. The van der Waals surface area contributed by atoms with E-state index in [1.54, 1.807) is 0 Å². The molecule has 0 amide bonds. The minimum Gasteiger partial charge on any atom is -0.469 e. The first kappa shape index (κ1) is 22.8. The first-order valence-corrected chi connectivity index (χ1v) is 8.12. The smallest absolute Gasteiger partial charge is 0.469 e. The molecule has 0 aliphatic heterocycles. The maximum absolute atomic E-state index is 12.0. The van der Waals surface area contributed by atoms with Crippen molar-refractivity contribution >= 4 is 24.1 Å². The van der Waals surface area contributed by atoms with Gasteiger partial charge in [0.1, 0.15) is 0 Å². The quantitative estimate of drug-likeness (QED) is 0.252. The van der Waals surface area contributed by atoms with Gasteiger partial charge in [-0.1, -0.05) is 26.7 Å². The van der Waals surface area contributed by atoms with Crippen LogP contribution in [0.4, 0.5) is 4.79 Å². The van der Waals surface area contributed by atoms with Gasteiger partial charge in [-0.2, -0.15) is 0 Å². The summed E-state index contributed by atoms with van der Waals surface area (Å²) in [6.45, 7) is 3.86. The molecular weight excluding hydrogens is 336 g/mol. The van der Waals surface area contributed by atoms with Crippen molar-refractivity contribution in [2.24, 2.45) is 0 Å². The van der Waals surface area contributed by atoms with Gasteiger partial charge < -0.3 is 24.1 Å². The fraction of sp³-hybridized carbons (Fsp3) is 0.750. The summed E-state index contributed by atoms with van der Waals surface area (Å²) < 4.78 is 18.3. The summed E-state index contributed by atoms with van der Waals surface area (Å²) in [5.74, 6) is -3.31. The Morgan fingerprint density at radius 1 is 0.880 bits per heavy atom. The molecule has 0 radical (unpaired) electrons. The van der Waals surface area contributed by atoms with Crippen LogP contribution < -0.4 is 0 Å². The molecule has 25 heavy (non-hydrogen) atoms. The molecule has 0 rings (SSSR count). The molecule has 1 atom stereocenters. The van der Waals surface area contributed by atoms with Crippen molar-refractivity contribution < 1.29 is 43.2 Å². The van der Waals surface area contributed by atoms with Crippen molar-refractivity contribution in [1.29, 1.82) is 0 Å². The van der Waals surface area contributed by atoms with E-state index in [9.17, 15) is 24.3 Å². The number of hydrogen-bond acceptors (Lipinski definition) is 9. The Bertz CT molecular complexity index is 461. The lowest BCUT2D eigenvalue weighted by molar-refractivity contribution is -0.176. The van der Waals surface area contributed by atoms with E-state index in [1.807, 2.05) is 13.8 Å². The van der Waals surface area contributed by atoms with Gasteiger partial charge in [-0.05, 0) is 12.8 Å². The highest BCUT2D eigenvalue weighted by molar-refractivity contribution is 5.92. The van der Waals surface area contributed by atoms with E-state index in [-0.39, 0.29) is 13.2 Å². The summed E-state index contributed by atoms with van der Waals surface area (Å²) in [7, 11) is 1.06. The Morgan fingerprint density at radius 2 is 1.40 bits per heavy atom. The van der Waals surface area contributed by atoms with Crippen LogP contribution in [0.25, 0.3) is 0 Å². The van der Waals surface area contributed by atoms with Crippen molar-refractivity contribution in [2.75, 3.05) is 20.3 Å². The number of unbranched alkanes of at least 4 members (excludes halogenated alkanes) is 2. The molecule has 0 aliphatic carbocycles. The SMILES string of the molecule is CCCCOC(=O)OC(=O)CC(O)(CC(=O)OC)C(=O)OCCCC. The Hall–Kier alpha value is -2.16. The molecule has 0 aromatic rings. The third-order valence-electron chi connectivity index (χ3n) is 3.13. The first-order valence-electron chi connectivity index (χ1n) is 8.12. The molecule has 0 fully saturated rings. The van der Waals surface area contributed by atoms with Crippen molar-refractivity contribution in [3.05, 3.63) is 0 Å². The zero-order valence-corrected chi connectivity index (χ0v) is 14.9. The molecule has 0 aromatic heterocycles. The molecule has 0 saturated heterocycles. The van der Waals surface area contributed by atoms with Crippen LogP contribution in [-0.2, 0) is 33.3 Å².